The van der Waals surface area contributed by atoms with Crippen LogP contribution in [0, 0.1) is 13.8 Å². The molecule has 134 valence electrons. The second-order valence-corrected chi connectivity index (χ2v) is 8.12. The van der Waals surface area contributed by atoms with Gasteiger partial charge in [0.1, 0.15) is 11.4 Å². The first-order valence-electron chi connectivity index (χ1n) is 7.21. The normalized spacial score (nSPS) is 11.2. The fourth-order valence-electron chi connectivity index (χ4n) is 2.26. The van der Waals surface area contributed by atoms with Crippen molar-refractivity contribution >= 4 is 44.8 Å². The minimum atomic E-state index is -4.15. The van der Waals surface area contributed by atoms with Crippen LogP contribution in [-0.2, 0) is 14.8 Å². The van der Waals surface area contributed by atoms with Crippen LogP contribution in [0.1, 0.15) is 11.1 Å². The van der Waals surface area contributed by atoms with E-state index in [-0.39, 0.29) is 14.9 Å². The number of nitrogens with two attached hydrogens (primary N) is 1. The Morgan fingerprint density at radius 2 is 1.84 bits per heavy atom. The van der Waals surface area contributed by atoms with Gasteiger partial charge >= 0.3 is 0 Å². The Balaban J connectivity index is 2.68. The van der Waals surface area contributed by atoms with Crippen molar-refractivity contribution in [2.24, 2.45) is 5.84 Å². The van der Waals surface area contributed by atoms with E-state index in [2.05, 4.69) is 0 Å². The third-order valence-corrected chi connectivity index (χ3v) is 6.02. The standard InChI is InChI=1S/C16H17Cl2N3O3S/c1-10-3-4-11(2)14(7-10)21(9-16(22)20-19)25(23,24)15-8-12(17)5-6-13(15)18/h3-8H,9,19H2,1-2H3,(H,20,22). The van der Waals surface area contributed by atoms with Crippen molar-refractivity contribution in [3.8, 4) is 0 Å². The number of benzene rings is 2. The fourth-order valence-corrected chi connectivity index (χ4v) is 4.47. The zero-order chi connectivity index (χ0) is 18.8. The molecule has 0 fully saturated rings. The first-order valence-corrected chi connectivity index (χ1v) is 9.41. The first kappa shape index (κ1) is 19.5. The fraction of sp³-hybridized carbons (Fsp3) is 0.188. The van der Waals surface area contributed by atoms with Crippen molar-refractivity contribution in [3.63, 3.8) is 0 Å². The summed E-state index contributed by atoms with van der Waals surface area (Å²) in [5, 5.41) is 0.222. The van der Waals surface area contributed by atoms with Crippen molar-refractivity contribution in [2.75, 3.05) is 10.8 Å². The Hall–Kier alpha value is -1.80. The number of aryl methyl sites for hydroxylation is 2. The van der Waals surface area contributed by atoms with E-state index in [0.717, 1.165) is 9.87 Å². The number of rotatable bonds is 5. The highest BCUT2D eigenvalue weighted by molar-refractivity contribution is 7.93. The van der Waals surface area contributed by atoms with Crippen molar-refractivity contribution in [1.82, 2.24) is 5.43 Å². The second-order valence-electron chi connectivity index (χ2n) is 5.44. The van der Waals surface area contributed by atoms with E-state index in [4.69, 9.17) is 29.0 Å². The van der Waals surface area contributed by atoms with Crippen molar-refractivity contribution in [1.29, 1.82) is 0 Å². The highest BCUT2D eigenvalue weighted by Crippen LogP contribution is 2.32. The van der Waals surface area contributed by atoms with Gasteiger partial charge in [-0.25, -0.2) is 14.3 Å². The van der Waals surface area contributed by atoms with E-state index in [1.54, 1.807) is 19.1 Å². The van der Waals surface area contributed by atoms with Gasteiger partial charge in [0.2, 0.25) is 0 Å². The molecule has 6 nitrogen and oxygen atoms in total. The summed E-state index contributed by atoms with van der Waals surface area (Å²) < 4.78 is 27.3. The first-order chi connectivity index (χ1) is 11.7. The Morgan fingerprint density at radius 3 is 2.48 bits per heavy atom. The third-order valence-electron chi connectivity index (χ3n) is 3.54. The molecule has 0 atom stereocenters. The molecule has 0 spiro atoms. The van der Waals surface area contributed by atoms with Crippen LogP contribution in [0.2, 0.25) is 10.0 Å². The molecule has 9 heteroatoms. The molecule has 0 saturated carbocycles. The van der Waals surface area contributed by atoms with E-state index in [9.17, 15) is 13.2 Å². The lowest BCUT2D eigenvalue weighted by atomic mass is 10.1. The molecular weight excluding hydrogens is 385 g/mol. The lowest BCUT2D eigenvalue weighted by molar-refractivity contribution is -0.119. The molecule has 2 rings (SSSR count). The summed E-state index contributed by atoms with van der Waals surface area (Å²) in [6.45, 7) is 3.08. The van der Waals surface area contributed by atoms with Gasteiger partial charge in [-0.15, -0.1) is 0 Å². The summed E-state index contributed by atoms with van der Waals surface area (Å²) in [5.74, 6) is 4.47. The number of carbonyl (C=O) groups excluding carboxylic acids is 1. The topological polar surface area (TPSA) is 92.5 Å². The minimum absolute atomic E-state index is 0.00728. The average molecular weight is 402 g/mol. The van der Waals surface area contributed by atoms with Gasteiger partial charge in [-0.1, -0.05) is 35.3 Å². The number of halogens is 2. The van der Waals surface area contributed by atoms with Crippen molar-refractivity contribution in [2.45, 2.75) is 18.7 Å². The number of hydrogen-bond acceptors (Lipinski definition) is 4. The van der Waals surface area contributed by atoms with E-state index >= 15 is 0 Å². The van der Waals surface area contributed by atoms with Crippen LogP contribution in [0.4, 0.5) is 5.69 Å². The molecule has 0 aliphatic heterocycles. The van der Waals surface area contributed by atoms with Gasteiger partial charge in [0.15, 0.2) is 0 Å². The second kappa shape index (κ2) is 7.61. The molecule has 0 aliphatic carbocycles. The zero-order valence-corrected chi connectivity index (χ0v) is 15.9. The van der Waals surface area contributed by atoms with Gasteiger partial charge in [0.25, 0.3) is 15.9 Å². The van der Waals surface area contributed by atoms with Crippen LogP contribution in [0.25, 0.3) is 0 Å². The van der Waals surface area contributed by atoms with Gasteiger partial charge < -0.3 is 0 Å². The highest BCUT2D eigenvalue weighted by atomic mass is 35.5. The van der Waals surface area contributed by atoms with Crippen LogP contribution in [0.5, 0.6) is 0 Å². The zero-order valence-electron chi connectivity index (χ0n) is 13.6. The Morgan fingerprint density at radius 1 is 1.16 bits per heavy atom. The maximum absolute atomic E-state index is 13.2. The summed E-state index contributed by atoms with van der Waals surface area (Å²) in [6, 6.07) is 9.41. The molecule has 25 heavy (non-hydrogen) atoms. The number of sulfonamides is 1. The Bertz CT molecular complexity index is 917. The molecule has 0 bridgehead atoms. The molecule has 0 saturated heterocycles. The number of carbonyl (C=O) groups is 1. The van der Waals surface area contributed by atoms with Crippen LogP contribution < -0.4 is 15.6 Å². The molecule has 3 N–H and O–H groups in total. The SMILES string of the molecule is Cc1ccc(C)c(N(CC(=O)NN)S(=O)(=O)c2cc(Cl)ccc2Cl)c1. The molecule has 2 aromatic carbocycles. The Labute approximate surface area is 156 Å². The van der Waals surface area contributed by atoms with E-state index < -0.39 is 22.5 Å². The van der Waals surface area contributed by atoms with E-state index in [1.807, 2.05) is 18.4 Å². The quantitative estimate of drug-likeness (QED) is 0.457. The number of anilines is 1. The molecule has 0 heterocycles. The summed E-state index contributed by atoms with van der Waals surface area (Å²) in [5.41, 5.74) is 3.82. The molecule has 1 amide bonds. The highest BCUT2D eigenvalue weighted by Gasteiger charge is 2.30. The molecular formula is C16H17Cl2N3O3S. The molecule has 0 radical (unpaired) electrons. The summed E-state index contributed by atoms with van der Waals surface area (Å²) in [4.78, 5) is 11.6. The Kier molecular flexibility index (Phi) is 5.95. The third kappa shape index (κ3) is 4.24. The predicted octanol–water partition coefficient (Wildman–Crippen LogP) is 2.80. The maximum Gasteiger partial charge on any atom is 0.266 e. The minimum Gasteiger partial charge on any atom is -0.293 e. The molecule has 0 aromatic heterocycles. The lowest BCUT2D eigenvalue weighted by Crippen LogP contribution is -2.43. The number of amides is 1. The van der Waals surface area contributed by atoms with Crippen LogP contribution in [-0.4, -0.2) is 20.9 Å². The van der Waals surface area contributed by atoms with Crippen molar-refractivity contribution in [3.05, 3.63) is 57.6 Å². The van der Waals surface area contributed by atoms with E-state index in [1.165, 1.54) is 18.2 Å². The number of hydrazine groups is 1. The summed E-state index contributed by atoms with van der Waals surface area (Å²) >= 11 is 12.0. The van der Waals surface area contributed by atoms with Crippen LogP contribution >= 0.6 is 23.2 Å². The average Bonchev–Trinajstić information content (AvgIpc) is 2.56. The molecule has 0 unspecified atom stereocenters. The molecule has 0 aliphatic rings. The maximum atomic E-state index is 13.2. The molecule has 2 aromatic rings. The van der Waals surface area contributed by atoms with E-state index in [0.29, 0.717) is 11.3 Å². The van der Waals surface area contributed by atoms with Gasteiger partial charge in [-0.05, 0) is 49.2 Å². The van der Waals surface area contributed by atoms with Gasteiger partial charge in [0, 0.05) is 5.02 Å². The number of nitrogens with zero attached hydrogens (tertiary/aromatic N) is 1. The lowest BCUT2D eigenvalue weighted by Gasteiger charge is -2.26. The largest absolute Gasteiger partial charge is 0.293 e. The summed E-state index contributed by atoms with van der Waals surface area (Å²) in [6.07, 6.45) is 0. The van der Waals surface area contributed by atoms with Gasteiger partial charge in [0.05, 0.1) is 10.7 Å². The monoisotopic (exact) mass is 401 g/mol. The van der Waals surface area contributed by atoms with Crippen LogP contribution in [0.3, 0.4) is 0 Å². The smallest absolute Gasteiger partial charge is 0.266 e. The van der Waals surface area contributed by atoms with Crippen molar-refractivity contribution < 1.29 is 13.2 Å². The van der Waals surface area contributed by atoms with Crippen LogP contribution in [0.15, 0.2) is 41.3 Å². The number of nitrogens with one attached hydrogen (secondary N) is 1. The summed E-state index contributed by atoms with van der Waals surface area (Å²) in [7, 11) is -4.15. The number of hydrogen-bond donors (Lipinski definition) is 2. The predicted molar refractivity (Wildman–Crippen MR) is 99.2 cm³/mol. The van der Waals surface area contributed by atoms with Gasteiger partial charge in [-0.2, -0.15) is 0 Å². The van der Waals surface area contributed by atoms with Gasteiger partial charge in [-0.3, -0.25) is 14.5 Å².